The second-order valence-corrected chi connectivity index (χ2v) is 27.1. The highest BCUT2D eigenvalue weighted by atomic mass is 32.2. The summed E-state index contributed by atoms with van der Waals surface area (Å²) in [6.07, 6.45) is 12.9. The first-order chi connectivity index (χ1) is 39.1. The van der Waals surface area contributed by atoms with Gasteiger partial charge in [0.1, 0.15) is 42.8 Å². The lowest BCUT2D eigenvalue weighted by Crippen LogP contribution is -2.38. The zero-order valence-electron chi connectivity index (χ0n) is 48.3. The summed E-state index contributed by atoms with van der Waals surface area (Å²) in [5.74, 6) is 1.05. The van der Waals surface area contributed by atoms with E-state index >= 15 is 0 Å². The van der Waals surface area contributed by atoms with Gasteiger partial charge in [-0.05, 0) is 134 Å². The molecule has 2 aliphatic carbocycles. The van der Waals surface area contributed by atoms with Crippen LogP contribution < -0.4 is 18.9 Å². The zero-order valence-corrected chi connectivity index (χ0v) is 50.1. The molecule has 1 radical (unpaired) electrons. The van der Waals surface area contributed by atoms with Gasteiger partial charge in [-0.15, -0.1) is 0 Å². The van der Waals surface area contributed by atoms with E-state index in [1.54, 1.807) is 18.9 Å². The van der Waals surface area contributed by atoms with E-state index in [9.17, 15) is 19.2 Å². The lowest BCUT2D eigenvalue weighted by molar-refractivity contribution is -0.151. The summed E-state index contributed by atoms with van der Waals surface area (Å²) in [6, 6.07) is 30.8. The molecule has 1 saturated carbocycles. The molecule has 0 aromatic heterocycles. The van der Waals surface area contributed by atoms with Crippen molar-refractivity contribution in [1.29, 1.82) is 0 Å². The number of hydrogen-bond donors (Lipinski definition) is 0. The van der Waals surface area contributed by atoms with Gasteiger partial charge in [0.15, 0.2) is 10.5 Å². The number of benzene rings is 5. The van der Waals surface area contributed by atoms with Crippen LogP contribution in [0.4, 0.5) is 0 Å². The molecule has 9 rings (SSSR count). The summed E-state index contributed by atoms with van der Waals surface area (Å²) >= 11 is 1.73. The van der Waals surface area contributed by atoms with Crippen LogP contribution in [0.1, 0.15) is 139 Å². The number of fused-ring (bicyclic) bond motifs is 11. The minimum Gasteiger partial charge on any atom is -0.497 e. The Bertz CT molecular complexity index is 3060. The molecule has 2 aliphatic heterocycles. The average Bonchev–Trinajstić information content (AvgIpc) is 4.12. The molecule has 1 atom stereocenters. The summed E-state index contributed by atoms with van der Waals surface area (Å²) in [5, 5.41) is 2.19. The van der Waals surface area contributed by atoms with Crippen molar-refractivity contribution < 1.29 is 61.8 Å². The number of carbonyl (C=O) groups is 4. The molecule has 0 saturated heterocycles. The van der Waals surface area contributed by atoms with Crippen molar-refractivity contribution in [3.8, 4) is 34.1 Å². The van der Waals surface area contributed by atoms with Crippen LogP contribution >= 0.6 is 11.8 Å². The predicted molar refractivity (Wildman–Crippen MR) is 317 cm³/mol. The van der Waals surface area contributed by atoms with Crippen LogP contribution in [-0.4, -0.2) is 91.0 Å². The fraction of sp³-hybridized carbons (Fsp3) is 0.485. The lowest BCUT2D eigenvalue weighted by Gasteiger charge is -2.47. The highest BCUT2D eigenvalue weighted by Gasteiger charge is 2.52. The Morgan fingerprint density at radius 3 is 1.80 bits per heavy atom. The van der Waals surface area contributed by atoms with Crippen molar-refractivity contribution in [2.75, 3.05) is 53.4 Å². The van der Waals surface area contributed by atoms with Crippen LogP contribution in [0.5, 0.6) is 23.0 Å². The molecular formula is C66H79O13SSi. The number of esters is 4. The molecule has 4 aliphatic rings. The quantitative estimate of drug-likeness (QED) is 0.0212. The average molecular weight is 1140 g/mol. The van der Waals surface area contributed by atoms with Crippen LogP contribution in [-0.2, 0) is 53.9 Å². The molecular weight excluding hydrogens is 1060 g/mol. The molecule has 15 heteroatoms. The molecule has 1 fully saturated rings. The summed E-state index contributed by atoms with van der Waals surface area (Å²) in [5.41, 5.74) is 7.48. The maximum atomic E-state index is 12.6. The van der Waals surface area contributed by atoms with Crippen molar-refractivity contribution in [2.45, 2.75) is 151 Å². The third-order valence-corrected chi connectivity index (χ3v) is 19.1. The first-order valence-electron chi connectivity index (χ1n) is 29.0. The van der Waals surface area contributed by atoms with E-state index in [4.69, 9.17) is 42.6 Å². The summed E-state index contributed by atoms with van der Waals surface area (Å²) in [4.78, 5) is 49.6. The summed E-state index contributed by atoms with van der Waals surface area (Å²) in [7, 11) is 1.41. The Hall–Kier alpha value is -6.29. The Labute approximate surface area is 483 Å². The van der Waals surface area contributed by atoms with Gasteiger partial charge >= 0.3 is 23.9 Å². The zero-order chi connectivity index (χ0) is 57.2. The molecule has 2 heterocycles. The van der Waals surface area contributed by atoms with Crippen LogP contribution in [0.2, 0.25) is 19.1 Å². The number of hydrogen-bond acceptors (Lipinski definition) is 14. The van der Waals surface area contributed by atoms with Gasteiger partial charge in [-0.3, -0.25) is 19.2 Å². The first kappa shape index (κ1) is 59.3. The molecule has 5 aromatic rings. The van der Waals surface area contributed by atoms with Crippen LogP contribution in [0.3, 0.4) is 0 Å². The van der Waals surface area contributed by atoms with Crippen LogP contribution in [0, 0.1) is 5.41 Å². The molecule has 1 spiro atoms. The Morgan fingerprint density at radius 1 is 0.630 bits per heavy atom. The Balaban J connectivity index is 0.806. The SMILES string of the molecule is CCC1(CC)CCC2(CC1)c1ccccc1-c1c2c2c(c3cc4c(cc13)OC(C)(C)S4)OC(c1ccc(OC)cc1)(c1ccc(OCCOC(=O)CCC(=O)OCCCCOC(=O)CCC(=O)OCCOCCC[Si](C)C)cc1)C=C2. The van der Waals surface area contributed by atoms with Crippen molar-refractivity contribution >= 4 is 61.3 Å². The topological polar surface area (TPSA) is 151 Å². The number of carbonyl (C=O) groups excluding carboxylic acids is 4. The fourth-order valence-corrected chi connectivity index (χ4v) is 14.0. The number of unbranched alkanes of at least 4 members (excludes halogenated alkanes) is 1. The molecule has 431 valence electrons. The molecule has 1 unspecified atom stereocenters. The van der Waals surface area contributed by atoms with Gasteiger partial charge in [0.05, 0.1) is 57.5 Å². The summed E-state index contributed by atoms with van der Waals surface area (Å²) in [6.45, 7) is 15.0. The smallest absolute Gasteiger partial charge is 0.306 e. The standard InChI is InChI=1S/C66H79O13SSi/c1-8-64(9-2)31-33-65(34-32-64)53-16-11-10-15-49(53)60-51-43-54-55(80-63(3,4)78-54)44-52(51)62-50(61(60)65)29-30-66(79-62,45-17-21-47(71-5)22-18-45)46-19-23-48(24-20-46)73-40-41-77-59(70)28-26-57(68)75-37-13-12-36-74-56(67)25-27-58(69)76-39-38-72-35-14-42-81(6)7/h10-11,15-24,29-30,43-44H,8-9,12-14,25-28,31-42H2,1-7H3. The maximum absolute atomic E-state index is 12.6. The monoisotopic (exact) mass is 1140 g/mol. The van der Waals surface area contributed by atoms with E-state index in [2.05, 4.69) is 101 Å². The molecule has 5 aromatic carbocycles. The first-order valence-corrected chi connectivity index (χ1v) is 32.6. The number of rotatable bonds is 27. The maximum Gasteiger partial charge on any atom is 0.306 e. The second kappa shape index (κ2) is 26.3. The van der Waals surface area contributed by atoms with Gasteiger partial charge in [0, 0.05) is 42.9 Å². The summed E-state index contributed by atoms with van der Waals surface area (Å²) < 4.78 is 52.6. The Kier molecular flexibility index (Phi) is 19.3. The molecule has 81 heavy (non-hydrogen) atoms. The minimum atomic E-state index is -1.04. The fourth-order valence-electron chi connectivity index (χ4n) is 12.1. The highest BCUT2D eigenvalue weighted by molar-refractivity contribution is 8.00. The molecule has 0 N–H and O–H groups in total. The van der Waals surface area contributed by atoms with Gasteiger partial charge in [0.2, 0.25) is 0 Å². The minimum absolute atomic E-state index is 0.00680. The third-order valence-electron chi connectivity index (χ3n) is 16.7. The van der Waals surface area contributed by atoms with Gasteiger partial charge < -0.3 is 42.6 Å². The van der Waals surface area contributed by atoms with E-state index < -0.39 is 34.4 Å². The van der Waals surface area contributed by atoms with Gasteiger partial charge in [-0.2, -0.15) is 0 Å². The van der Waals surface area contributed by atoms with Crippen molar-refractivity contribution in [1.82, 2.24) is 0 Å². The van der Waals surface area contributed by atoms with Crippen molar-refractivity contribution in [3.63, 3.8) is 0 Å². The number of ether oxygens (including phenoxy) is 9. The molecule has 0 bridgehead atoms. The second-order valence-electron chi connectivity index (χ2n) is 22.6. The largest absolute Gasteiger partial charge is 0.497 e. The van der Waals surface area contributed by atoms with E-state index in [-0.39, 0.29) is 72.9 Å². The Morgan fingerprint density at radius 2 is 1.21 bits per heavy atom. The number of methoxy groups -OCH3 is 1. The van der Waals surface area contributed by atoms with Crippen LogP contribution in [0.15, 0.2) is 95.9 Å². The van der Waals surface area contributed by atoms with E-state index in [0.717, 1.165) is 68.9 Å². The number of thioether (sulfide) groups is 1. The van der Waals surface area contributed by atoms with Crippen molar-refractivity contribution in [2.24, 2.45) is 5.41 Å². The van der Waals surface area contributed by atoms with Gasteiger partial charge in [0.25, 0.3) is 0 Å². The normalized spacial score (nSPS) is 17.5. The predicted octanol–water partition coefficient (Wildman–Crippen LogP) is 14.1. The van der Waals surface area contributed by atoms with Gasteiger partial charge in [-0.1, -0.05) is 112 Å². The van der Waals surface area contributed by atoms with E-state index in [0.29, 0.717) is 37.2 Å². The van der Waals surface area contributed by atoms with E-state index in [1.807, 2.05) is 36.4 Å². The van der Waals surface area contributed by atoms with Gasteiger partial charge in [-0.25, -0.2) is 0 Å². The van der Waals surface area contributed by atoms with E-state index in [1.165, 1.54) is 54.0 Å². The molecule has 13 nitrogen and oxygen atoms in total. The van der Waals surface area contributed by atoms with Crippen molar-refractivity contribution in [3.05, 3.63) is 119 Å². The molecule has 0 amide bonds. The lowest BCUT2D eigenvalue weighted by atomic mass is 9.58. The third kappa shape index (κ3) is 13.5. The highest BCUT2D eigenvalue weighted by Crippen LogP contribution is 2.65. The van der Waals surface area contributed by atoms with Crippen LogP contribution in [0.25, 0.3) is 28.0 Å².